The van der Waals surface area contributed by atoms with Crippen molar-refractivity contribution >= 4 is 28.4 Å². The Kier molecular flexibility index (Phi) is 4.06. The van der Waals surface area contributed by atoms with Crippen molar-refractivity contribution < 1.29 is 4.74 Å². The largest absolute Gasteiger partial charge is 0.491 e. The highest BCUT2D eigenvalue weighted by molar-refractivity contribution is 7.99. The number of nitrogen functional groups attached to an aromatic ring is 1. The average molecular weight is 298 g/mol. The number of nitrogens with two attached hydrogens (primary N) is 1. The smallest absolute Gasteiger partial charge is 0.143 e. The van der Waals surface area contributed by atoms with E-state index in [1.807, 2.05) is 30.3 Å². The van der Waals surface area contributed by atoms with E-state index >= 15 is 0 Å². The molecule has 0 unspecified atom stereocenters. The molecule has 0 bridgehead atoms. The van der Waals surface area contributed by atoms with E-state index < -0.39 is 0 Å². The Labute approximate surface area is 128 Å². The van der Waals surface area contributed by atoms with Crippen LogP contribution < -0.4 is 10.5 Å². The summed E-state index contributed by atoms with van der Waals surface area (Å²) in [5.74, 6) is 0.762. The average Bonchev–Trinajstić information content (AvgIpc) is 2.90. The minimum absolute atomic E-state index is 0.685. The molecule has 0 atom stereocenters. The molecule has 0 saturated carbocycles. The summed E-state index contributed by atoms with van der Waals surface area (Å²) in [6.45, 7) is 2.77. The standard InChI is InChI=1S/C17H18N2OS/c1-2-9-20-16-11-13(7-8-14(16)18)21-17-10-12-5-3-4-6-15(12)19-17/h3-8,10-11,19H,2,9,18H2,1H3. The zero-order chi connectivity index (χ0) is 14.7. The molecule has 108 valence electrons. The van der Waals surface area contributed by atoms with Crippen LogP contribution in [-0.2, 0) is 0 Å². The van der Waals surface area contributed by atoms with Crippen LogP contribution in [0.3, 0.4) is 0 Å². The Morgan fingerprint density at radius 1 is 1.14 bits per heavy atom. The van der Waals surface area contributed by atoms with Gasteiger partial charge < -0.3 is 15.5 Å². The number of para-hydroxylation sites is 1. The number of benzene rings is 2. The van der Waals surface area contributed by atoms with Gasteiger partial charge in [-0.15, -0.1) is 0 Å². The van der Waals surface area contributed by atoms with E-state index in [2.05, 4.69) is 30.1 Å². The summed E-state index contributed by atoms with van der Waals surface area (Å²) in [4.78, 5) is 4.53. The number of fused-ring (bicyclic) bond motifs is 1. The highest BCUT2D eigenvalue weighted by Gasteiger charge is 2.06. The summed E-state index contributed by atoms with van der Waals surface area (Å²) < 4.78 is 5.67. The first kappa shape index (κ1) is 13.9. The fraction of sp³-hybridized carbons (Fsp3) is 0.176. The van der Waals surface area contributed by atoms with Crippen LogP contribution in [0, 0.1) is 0 Å². The quantitative estimate of drug-likeness (QED) is 0.672. The van der Waals surface area contributed by atoms with E-state index in [1.54, 1.807) is 11.8 Å². The van der Waals surface area contributed by atoms with Gasteiger partial charge in [-0.05, 0) is 36.8 Å². The van der Waals surface area contributed by atoms with Gasteiger partial charge >= 0.3 is 0 Å². The SMILES string of the molecule is CCCOc1cc(Sc2cc3ccccc3[nH]2)ccc1N. The molecule has 21 heavy (non-hydrogen) atoms. The van der Waals surface area contributed by atoms with E-state index in [-0.39, 0.29) is 0 Å². The number of aromatic amines is 1. The minimum Gasteiger partial charge on any atom is -0.491 e. The second-order valence-corrected chi connectivity index (χ2v) is 5.99. The monoisotopic (exact) mass is 298 g/mol. The number of nitrogens with one attached hydrogen (secondary N) is 1. The van der Waals surface area contributed by atoms with Gasteiger partial charge in [0.1, 0.15) is 5.75 Å². The van der Waals surface area contributed by atoms with Crippen LogP contribution in [0.15, 0.2) is 58.5 Å². The number of hydrogen-bond acceptors (Lipinski definition) is 3. The normalized spacial score (nSPS) is 10.9. The molecule has 1 aromatic heterocycles. The number of rotatable bonds is 5. The van der Waals surface area contributed by atoms with E-state index in [9.17, 15) is 0 Å². The summed E-state index contributed by atoms with van der Waals surface area (Å²) >= 11 is 1.68. The van der Waals surface area contributed by atoms with Crippen LogP contribution >= 0.6 is 11.8 Å². The lowest BCUT2D eigenvalue weighted by Crippen LogP contribution is -1.98. The summed E-state index contributed by atoms with van der Waals surface area (Å²) in [7, 11) is 0. The number of H-pyrrole nitrogens is 1. The number of ether oxygens (including phenoxy) is 1. The molecule has 2 aromatic carbocycles. The summed E-state index contributed by atoms with van der Waals surface area (Å²) in [5.41, 5.74) is 7.78. The van der Waals surface area contributed by atoms with E-state index in [0.29, 0.717) is 12.3 Å². The third-order valence-electron chi connectivity index (χ3n) is 3.18. The van der Waals surface area contributed by atoms with E-state index in [1.165, 1.54) is 5.39 Å². The third-order valence-corrected chi connectivity index (χ3v) is 4.11. The molecule has 0 spiro atoms. The Morgan fingerprint density at radius 2 is 2.00 bits per heavy atom. The van der Waals surface area contributed by atoms with E-state index in [0.717, 1.165) is 27.6 Å². The zero-order valence-corrected chi connectivity index (χ0v) is 12.7. The predicted octanol–water partition coefficient (Wildman–Crippen LogP) is 4.69. The maximum absolute atomic E-state index is 5.94. The number of hydrogen-bond donors (Lipinski definition) is 2. The molecule has 3 N–H and O–H groups in total. The first-order valence-electron chi connectivity index (χ1n) is 7.04. The van der Waals surface area contributed by atoms with Crippen molar-refractivity contribution in [3.8, 4) is 5.75 Å². The lowest BCUT2D eigenvalue weighted by atomic mass is 10.3. The molecule has 3 nitrogen and oxygen atoms in total. The molecule has 3 rings (SSSR count). The first-order chi connectivity index (χ1) is 10.3. The van der Waals surface area contributed by atoms with Gasteiger partial charge in [0.2, 0.25) is 0 Å². The van der Waals surface area contributed by atoms with Gasteiger partial charge in [-0.25, -0.2) is 0 Å². The van der Waals surface area contributed by atoms with Crippen molar-refractivity contribution in [2.75, 3.05) is 12.3 Å². The number of aromatic nitrogens is 1. The van der Waals surface area contributed by atoms with Crippen molar-refractivity contribution in [2.24, 2.45) is 0 Å². The van der Waals surface area contributed by atoms with Gasteiger partial charge in [0.05, 0.1) is 17.3 Å². The summed E-state index contributed by atoms with van der Waals surface area (Å²) in [6.07, 6.45) is 0.971. The molecule has 0 aliphatic rings. The Bertz CT molecular complexity index is 718. The molecule has 0 amide bonds. The Morgan fingerprint density at radius 3 is 2.81 bits per heavy atom. The maximum atomic E-state index is 5.94. The Balaban J connectivity index is 1.83. The van der Waals surface area contributed by atoms with Crippen LogP contribution in [-0.4, -0.2) is 11.6 Å². The van der Waals surface area contributed by atoms with Crippen LogP contribution in [0.2, 0.25) is 0 Å². The fourth-order valence-corrected chi connectivity index (χ4v) is 3.05. The predicted molar refractivity (Wildman–Crippen MR) is 89.1 cm³/mol. The van der Waals surface area contributed by atoms with Gasteiger partial charge in [-0.1, -0.05) is 36.9 Å². The van der Waals surface area contributed by atoms with Crippen LogP contribution in [0.1, 0.15) is 13.3 Å². The molecule has 0 fully saturated rings. The van der Waals surface area contributed by atoms with Gasteiger partial charge in [0, 0.05) is 15.8 Å². The van der Waals surface area contributed by atoms with Crippen LogP contribution in [0.4, 0.5) is 5.69 Å². The summed E-state index contributed by atoms with van der Waals surface area (Å²) in [6, 6.07) is 16.3. The van der Waals surface area contributed by atoms with Crippen LogP contribution in [0.5, 0.6) is 5.75 Å². The highest BCUT2D eigenvalue weighted by Crippen LogP contribution is 2.34. The van der Waals surface area contributed by atoms with Gasteiger partial charge in [0.15, 0.2) is 0 Å². The molecule has 0 radical (unpaired) electrons. The van der Waals surface area contributed by atoms with Crippen molar-refractivity contribution in [1.29, 1.82) is 0 Å². The van der Waals surface area contributed by atoms with Crippen LogP contribution in [0.25, 0.3) is 10.9 Å². The summed E-state index contributed by atoms with van der Waals surface area (Å²) in [5, 5.41) is 2.33. The van der Waals surface area contributed by atoms with Gasteiger partial charge in [0.25, 0.3) is 0 Å². The lowest BCUT2D eigenvalue weighted by Gasteiger charge is -2.09. The molecule has 0 aliphatic heterocycles. The fourth-order valence-electron chi connectivity index (χ4n) is 2.14. The van der Waals surface area contributed by atoms with Gasteiger partial charge in [-0.3, -0.25) is 0 Å². The molecule has 0 saturated heterocycles. The second-order valence-electron chi connectivity index (χ2n) is 4.87. The molecular formula is C17H18N2OS. The Hall–Kier alpha value is -2.07. The minimum atomic E-state index is 0.685. The zero-order valence-electron chi connectivity index (χ0n) is 11.9. The highest BCUT2D eigenvalue weighted by atomic mass is 32.2. The molecule has 0 aliphatic carbocycles. The van der Waals surface area contributed by atoms with Crippen molar-refractivity contribution in [3.05, 3.63) is 48.5 Å². The second kappa shape index (κ2) is 6.14. The van der Waals surface area contributed by atoms with Crippen molar-refractivity contribution in [3.63, 3.8) is 0 Å². The number of anilines is 1. The van der Waals surface area contributed by atoms with Crippen molar-refractivity contribution in [1.82, 2.24) is 4.98 Å². The topological polar surface area (TPSA) is 51.0 Å². The maximum Gasteiger partial charge on any atom is 0.143 e. The van der Waals surface area contributed by atoms with Crippen molar-refractivity contribution in [2.45, 2.75) is 23.3 Å². The van der Waals surface area contributed by atoms with Gasteiger partial charge in [-0.2, -0.15) is 0 Å². The lowest BCUT2D eigenvalue weighted by molar-refractivity contribution is 0.318. The molecule has 3 aromatic rings. The molecule has 1 heterocycles. The molecular weight excluding hydrogens is 280 g/mol. The van der Waals surface area contributed by atoms with E-state index in [4.69, 9.17) is 10.5 Å². The third kappa shape index (κ3) is 3.16. The molecule has 4 heteroatoms. The first-order valence-corrected chi connectivity index (χ1v) is 7.86.